The quantitative estimate of drug-likeness (QED) is 0.219. The van der Waals surface area contributed by atoms with Gasteiger partial charge in [0.2, 0.25) is 15.9 Å². The van der Waals surface area contributed by atoms with Crippen LogP contribution in [-0.4, -0.2) is 78.6 Å². The van der Waals surface area contributed by atoms with Crippen LogP contribution in [0.15, 0.2) is 77.7 Å². The second-order valence-corrected chi connectivity index (χ2v) is 19.0. The minimum Gasteiger partial charge on any atom is -0.493 e. The van der Waals surface area contributed by atoms with Crippen LogP contribution >= 0.6 is 11.6 Å². The van der Waals surface area contributed by atoms with Gasteiger partial charge in [-0.2, -0.15) is 4.31 Å². The Morgan fingerprint density at radius 2 is 1.38 bits per heavy atom. The lowest BCUT2D eigenvalue weighted by Gasteiger charge is -2.44. The molecule has 1 N–H and O–H groups in total. The number of carbonyl (C=O) groups is 2. The molecule has 7 rings (SSSR count). The van der Waals surface area contributed by atoms with Gasteiger partial charge in [0.25, 0.3) is 0 Å². The van der Waals surface area contributed by atoms with Crippen LogP contribution in [0.25, 0.3) is 11.1 Å². The monoisotopic (exact) mass is 791 g/mol. The average molecular weight is 792 g/mol. The molecule has 55 heavy (non-hydrogen) atoms. The van der Waals surface area contributed by atoms with Gasteiger partial charge in [-0.15, -0.1) is 0 Å². The Bertz CT molecular complexity index is 1880. The fraction of sp³-hybridized carbons (Fsp3) is 0.535. The number of hydrogen-bond donors (Lipinski definition) is 1. The summed E-state index contributed by atoms with van der Waals surface area (Å²) in [5.41, 5.74) is 1.43. The van der Waals surface area contributed by atoms with Crippen molar-refractivity contribution < 1.29 is 32.2 Å². The first-order chi connectivity index (χ1) is 26.3. The molecule has 10 nitrogen and oxygen atoms in total. The summed E-state index contributed by atoms with van der Waals surface area (Å²) in [7, 11) is -4.05. The number of hydrogen-bond acceptors (Lipinski definition) is 7. The third kappa shape index (κ3) is 9.60. The normalized spacial score (nSPS) is 24.9. The zero-order valence-electron chi connectivity index (χ0n) is 32.1. The van der Waals surface area contributed by atoms with E-state index in [1.807, 2.05) is 74.2 Å². The summed E-state index contributed by atoms with van der Waals surface area (Å²) in [6.07, 6.45) is 8.63. The lowest BCUT2D eigenvalue weighted by Crippen LogP contribution is -2.60. The zero-order chi connectivity index (χ0) is 38.7. The molecule has 3 heterocycles. The summed E-state index contributed by atoms with van der Waals surface area (Å²) >= 11 is 6.08. The predicted molar refractivity (Wildman–Crippen MR) is 213 cm³/mol. The van der Waals surface area contributed by atoms with Crippen molar-refractivity contribution in [2.24, 2.45) is 5.92 Å². The van der Waals surface area contributed by atoms with Gasteiger partial charge in [-0.05, 0) is 131 Å². The van der Waals surface area contributed by atoms with E-state index in [9.17, 15) is 18.0 Å². The van der Waals surface area contributed by atoms with Gasteiger partial charge in [0.05, 0.1) is 11.5 Å². The van der Waals surface area contributed by atoms with Crippen LogP contribution in [0.4, 0.5) is 4.79 Å². The van der Waals surface area contributed by atoms with Crippen molar-refractivity contribution >= 4 is 33.6 Å². The van der Waals surface area contributed by atoms with Crippen molar-refractivity contribution in [1.82, 2.24) is 14.5 Å². The lowest BCUT2D eigenvalue weighted by atomic mass is 9.90. The van der Waals surface area contributed by atoms with Gasteiger partial charge in [-0.25, -0.2) is 13.2 Å². The van der Waals surface area contributed by atoms with Crippen LogP contribution in [0.1, 0.15) is 91.4 Å². The highest BCUT2D eigenvalue weighted by Gasteiger charge is 2.50. The maximum atomic E-state index is 14.8. The fourth-order valence-electron chi connectivity index (χ4n) is 8.80. The van der Waals surface area contributed by atoms with Gasteiger partial charge in [-0.1, -0.05) is 55.1 Å². The van der Waals surface area contributed by atoms with Gasteiger partial charge in [-0.3, -0.25) is 4.79 Å². The molecule has 12 heteroatoms. The first kappa shape index (κ1) is 39.4. The Hall–Kier alpha value is -3.80. The molecule has 296 valence electrons. The number of sulfonamides is 1. The number of rotatable bonds is 10. The van der Waals surface area contributed by atoms with Crippen molar-refractivity contribution in [2.45, 2.75) is 132 Å². The predicted octanol–water partition coefficient (Wildman–Crippen LogP) is 8.61. The summed E-state index contributed by atoms with van der Waals surface area (Å²) in [6.45, 7) is 6.25. The standard InChI is InChI=1S/C43H54ClN3O7S/c1-43(2,3)54-42(49)45-33-25-34-15-16-35(26-33)47(34)41(48)40-27-38(53-37-17-11-31(12-18-37)30-9-13-32(44)14-10-30)23-24-46(40)55(50,51)39-21-19-36(20-22-39)52-28-29-7-5-4-6-8-29/h9-14,17-22,29,33-35,38,40H,4-8,15-16,23-28H2,1-3H3,(H,45,49)/t33?,34?,35?,38-,40+/m1/s1. The first-order valence-corrected chi connectivity index (χ1v) is 21.7. The number of carbonyl (C=O) groups excluding carboxylic acids is 2. The van der Waals surface area contributed by atoms with E-state index in [0.29, 0.717) is 48.3 Å². The Balaban J connectivity index is 1.08. The van der Waals surface area contributed by atoms with Crippen molar-refractivity contribution in [3.05, 3.63) is 77.8 Å². The van der Waals surface area contributed by atoms with Gasteiger partial charge in [0.15, 0.2) is 0 Å². The van der Waals surface area contributed by atoms with Crippen molar-refractivity contribution in [2.75, 3.05) is 13.2 Å². The van der Waals surface area contributed by atoms with Gasteiger partial charge >= 0.3 is 6.09 Å². The number of alkyl carbamates (subject to hydrolysis) is 1. The molecule has 0 aromatic heterocycles. The summed E-state index contributed by atoms with van der Waals surface area (Å²) in [5, 5.41) is 3.68. The Kier molecular flexibility index (Phi) is 12.0. The smallest absolute Gasteiger partial charge is 0.407 e. The molecule has 1 saturated carbocycles. The van der Waals surface area contributed by atoms with Crippen LogP contribution in [0.2, 0.25) is 5.02 Å². The number of amides is 2. The number of piperidine rings is 2. The fourth-order valence-corrected chi connectivity index (χ4v) is 10.5. The van der Waals surface area contributed by atoms with E-state index in [2.05, 4.69) is 5.32 Å². The topological polar surface area (TPSA) is 114 Å². The minimum absolute atomic E-state index is 0.113. The van der Waals surface area contributed by atoms with Gasteiger partial charge in [0, 0.05) is 36.1 Å². The highest BCUT2D eigenvalue weighted by Crippen LogP contribution is 2.39. The first-order valence-electron chi connectivity index (χ1n) is 19.9. The number of fused-ring (bicyclic) bond motifs is 2. The highest BCUT2D eigenvalue weighted by molar-refractivity contribution is 7.89. The molecule has 4 atom stereocenters. The van der Waals surface area contributed by atoms with Crippen molar-refractivity contribution in [3.63, 3.8) is 0 Å². The zero-order valence-corrected chi connectivity index (χ0v) is 33.7. The molecule has 0 spiro atoms. The molecule has 1 aliphatic carbocycles. The van der Waals surface area contributed by atoms with Crippen LogP contribution < -0.4 is 14.8 Å². The number of nitrogens with zero attached hydrogens (tertiary/aromatic N) is 2. The molecule has 4 aliphatic rings. The maximum Gasteiger partial charge on any atom is 0.407 e. The second kappa shape index (κ2) is 16.7. The number of halogens is 1. The molecule has 2 amide bonds. The largest absolute Gasteiger partial charge is 0.493 e. The molecule has 3 aromatic carbocycles. The van der Waals surface area contributed by atoms with Gasteiger partial charge in [0.1, 0.15) is 29.2 Å². The minimum atomic E-state index is -4.05. The van der Waals surface area contributed by atoms with E-state index in [4.69, 9.17) is 25.8 Å². The molecule has 3 aliphatic heterocycles. The summed E-state index contributed by atoms with van der Waals surface area (Å²) in [6, 6.07) is 20.7. The molecule has 2 unspecified atom stereocenters. The summed E-state index contributed by atoms with van der Waals surface area (Å²) < 4.78 is 48.3. The number of nitrogens with one attached hydrogen (secondary N) is 1. The van der Waals surface area contributed by atoms with Gasteiger partial charge < -0.3 is 24.4 Å². The highest BCUT2D eigenvalue weighted by atomic mass is 35.5. The van der Waals surface area contributed by atoms with Crippen LogP contribution in [0.3, 0.4) is 0 Å². The van der Waals surface area contributed by atoms with E-state index < -0.39 is 27.8 Å². The van der Waals surface area contributed by atoms with Crippen LogP contribution in [0, 0.1) is 5.92 Å². The van der Waals surface area contributed by atoms with E-state index in [1.54, 1.807) is 24.3 Å². The van der Waals surface area contributed by atoms with Crippen LogP contribution in [0.5, 0.6) is 11.5 Å². The Labute approximate surface area is 330 Å². The van der Waals surface area contributed by atoms with E-state index in [1.165, 1.54) is 23.6 Å². The van der Waals surface area contributed by atoms with E-state index >= 15 is 0 Å². The van der Waals surface area contributed by atoms with Crippen LogP contribution in [-0.2, 0) is 19.6 Å². The third-order valence-electron chi connectivity index (χ3n) is 11.5. The maximum absolute atomic E-state index is 14.8. The molecule has 3 aromatic rings. The molecule has 4 fully saturated rings. The van der Waals surface area contributed by atoms with Crippen molar-refractivity contribution in [3.8, 4) is 22.6 Å². The van der Waals surface area contributed by atoms with E-state index in [0.717, 1.165) is 36.8 Å². The Morgan fingerprint density at radius 1 is 0.782 bits per heavy atom. The average Bonchev–Trinajstić information content (AvgIpc) is 3.43. The molecule has 0 radical (unpaired) electrons. The molecule has 3 saturated heterocycles. The molecular formula is C43H54ClN3O7S. The SMILES string of the molecule is CC(C)(C)OC(=O)NC1CC2CCC(C1)N2C(=O)[C@@H]1C[C@H](Oc2ccc(-c3ccc(Cl)cc3)cc2)CCN1S(=O)(=O)c1ccc(OCC2CCCCC2)cc1. The lowest BCUT2D eigenvalue weighted by molar-refractivity contribution is -0.142. The third-order valence-corrected chi connectivity index (χ3v) is 13.6. The second-order valence-electron chi connectivity index (χ2n) is 16.7. The summed E-state index contributed by atoms with van der Waals surface area (Å²) in [4.78, 5) is 29.4. The Morgan fingerprint density at radius 3 is 2.00 bits per heavy atom. The molecule has 2 bridgehead atoms. The van der Waals surface area contributed by atoms with E-state index in [-0.39, 0.29) is 48.0 Å². The number of benzene rings is 3. The number of ether oxygens (including phenoxy) is 3. The van der Waals surface area contributed by atoms with Crippen molar-refractivity contribution in [1.29, 1.82) is 0 Å². The molecular weight excluding hydrogens is 738 g/mol. The summed E-state index contributed by atoms with van der Waals surface area (Å²) in [5.74, 6) is 1.63.